The zero-order valence-electron chi connectivity index (χ0n) is 11.1. The molecule has 19 heavy (non-hydrogen) atoms. The fraction of sp³-hybridized carbons (Fsp3) is 0.200. The van der Waals surface area contributed by atoms with Gasteiger partial charge in [-0.15, -0.1) is 0 Å². The van der Waals surface area contributed by atoms with Gasteiger partial charge in [0.1, 0.15) is 11.5 Å². The average molecular weight is 296 g/mol. The van der Waals surface area contributed by atoms with Crippen LogP contribution in [0.4, 0.5) is 5.69 Å². The van der Waals surface area contributed by atoms with E-state index in [-0.39, 0.29) is 0 Å². The molecule has 2 rings (SSSR count). The number of rotatable bonds is 2. The van der Waals surface area contributed by atoms with Gasteiger partial charge in [0.2, 0.25) is 0 Å². The minimum absolute atomic E-state index is 0.485. The lowest BCUT2D eigenvalue weighted by Crippen LogP contribution is -1.99. The fourth-order valence-electron chi connectivity index (χ4n) is 1.85. The topological polar surface area (TPSA) is 35.2 Å². The number of hydrogen-bond acceptors (Lipinski definition) is 2. The van der Waals surface area contributed by atoms with Crippen molar-refractivity contribution >= 4 is 28.9 Å². The van der Waals surface area contributed by atoms with Crippen LogP contribution < -0.4 is 10.5 Å². The Labute approximate surface area is 123 Å². The minimum atomic E-state index is 0.485. The summed E-state index contributed by atoms with van der Waals surface area (Å²) in [6, 6.07) is 7.08. The van der Waals surface area contributed by atoms with Crippen molar-refractivity contribution in [2.24, 2.45) is 0 Å². The monoisotopic (exact) mass is 295 g/mol. The molecule has 0 saturated carbocycles. The number of aryl methyl sites for hydroxylation is 1. The lowest BCUT2D eigenvalue weighted by Gasteiger charge is -2.15. The highest BCUT2D eigenvalue weighted by Crippen LogP contribution is 2.36. The van der Waals surface area contributed by atoms with Gasteiger partial charge in [0, 0.05) is 10.7 Å². The summed E-state index contributed by atoms with van der Waals surface area (Å²) in [5.41, 5.74) is 9.82. The summed E-state index contributed by atoms with van der Waals surface area (Å²) in [4.78, 5) is 0. The van der Waals surface area contributed by atoms with Gasteiger partial charge in [-0.2, -0.15) is 0 Å². The van der Waals surface area contributed by atoms with E-state index in [2.05, 4.69) is 0 Å². The summed E-state index contributed by atoms with van der Waals surface area (Å²) in [6.07, 6.45) is 0. The molecule has 0 saturated heterocycles. The Hall–Kier alpha value is -1.38. The molecule has 4 heteroatoms. The Bertz CT molecular complexity index is 639. The molecule has 0 fully saturated rings. The summed E-state index contributed by atoms with van der Waals surface area (Å²) in [6.45, 7) is 5.91. The number of ether oxygens (including phenoxy) is 1. The third kappa shape index (κ3) is 2.80. The van der Waals surface area contributed by atoms with Gasteiger partial charge >= 0.3 is 0 Å². The lowest BCUT2D eigenvalue weighted by molar-refractivity contribution is 0.478. The summed E-state index contributed by atoms with van der Waals surface area (Å²) in [7, 11) is 0. The Kier molecular flexibility index (Phi) is 3.93. The predicted octanol–water partition coefficient (Wildman–Crippen LogP) is 5.29. The molecule has 2 aromatic rings. The van der Waals surface area contributed by atoms with E-state index in [4.69, 9.17) is 33.7 Å². The molecule has 0 amide bonds. The zero-order valence-corrected chi connectivity index (χ0v) is 12.6. The molecule has 0 bridgehead atoms. The lowest BCUT2D eigenvalue weighted by atomic mass is 10.0. The van der Waals surface area contributed by atoms with Gasteiger partial charge in [-0.05, 0) is 61.7 Å². The molecule has 0 heterocycles. The first-order valence-electron chi connectivity index (χ1n) is 5.89. The van der Waals surface area contributed by atoms with Crippen LogP contribution >= 0.6 is 23.2 Å². The second kappa shape index (κ2) is 5.32. The number of nitrogen functional groups attached to an aromatic ring is 1. The number of halogens is 2. The first-order chi connectivity index (χ1) is 8.90. The van der Waals surface area contributed by atoms with Gasteiger partial charge < -0.3 is 10.5 Å². The average Bonchev–Trinajstić information content (AvgIpc) is 2.36. The highest BCUT2D eigenvalue weighted by Gasteiger charge is 2.11. The minimum Gasteiger partial charge on any atom is -0.456 e. The Morgan fingerprint density at radius 1 is 0.947 bits per heavy atom. The molecular weight excluding hydrogens is 281 g/mol. The van der Waals surface area contributed by atoms with Crippen LogP contribution in [0.2, 0.25) is 10.0 Å². The molecule has 0 radical (unpaired) electrons. The molecular formula is C15H15Cl2NO. The van der Waals surface area contributed by atoms with Crippen LogP contribution in [0.25, 0.3) is 0 Å². The second-order valence-electron chi connectivity index (χ2n) is 4.53. The first kappa shape index (κ1) is 14.0. The quantitative estimate of drug-likeness (QED) is 0.764. The molecule has 0 aliphatic rings. The third-order valence-electron chi connectivity index (χ3n) is 3.22. The van der Waals surface area contributed by atoms with Crippen molar-refractivity contribution < 1.29 is 4.74 Å². The van der Waals surface area contributed by atoms with Crippen molar-refractivity contribution in [3.8, 4) is 11.5 Å². The standard InChI is InChI=1S/C15H15Cl2NO/c1-8-6-14(9(2)10(3)15(8)18)19-13-5-4-11(16)7-12(13)17/h4-7H,18H2,1-3H3. The van der Waals surface area contributed by atoms with E-state index >= 15 is 0 Å². The van der Waals surface area contributed by atoms with Crippen LogP contribution in [0.3, 0.4) is 0 Å². The number of nitrogens with two attached hydrogens (primary N) is 1. The number of anilines is 1. The second-order valence-corrected chi connectivity index (χ2v) is 5.38. The van der Waals surface area contributed by atoms with E-state index < -0.39 is 0 Å². The van der Waals surface area contributed by atoms with Crippen LogP contribution in [0.1, 0.15) is 16.7 Å². The van der Waals surface area contributed by atoms with Crippen LogP contribution in [-0.2, 0) is 0 Å². The van der Waals surface area contributed by atoms with E-state index in [0.29, 0.717) is 15.8 Å². The summed E-state index contributed by atoms with van der Waals surface area (Å²) < 4.78 is 5.87. The molecule has 2 nitrogen and oxygen atoms in total. The van der Waals surface area contributed by atoms with E-state index in [1.54, 1.807) is 18.2 Å². The Balaban J connectivity index is 2.44. The van der Waals surface area contributed by atoms with Gasteiger partial charge in [-0.1, -0.05) is 23.2 Å². The molecule has 0 aliphatic heterocycles. The fourth-order valence-corrected chi connectivity index (χ4v) is 2.29. The summed E-state index contributed by atoms with van der Waals surface area (Å²) >= 11 is 12.0. The van der Waals surface area contributed by atoms with Crippen molar-refractivity contribution in [3.05, 3.63) is 51.0 Å². The van der Waals surface area contributed by atoms with Crippen molar-refractivity contribution in [3.63, 3.8) is 0 Å². The molecule has 0 spiro atoms. The predicted molar refractivity (Wildman–Crippen MR) is 81.6 cm³/mol. The van der Waals surface area contributed by atoms with Crippen LogP contribution in [-0.4, -0.2) is 0 Å². The molecule has 0 atom stereocenters. The maximum absolute atomic E-state index is 6.11. The van der Waals surface area contributed by atoms with E-state index in [1.807, 2.05) is 26.8 Å². The normalized spacial score (nSPS) is 10.6. The van der Waals surface area contributed by atoms with Crippen molar-refractivity contribution in [1.82, 2.24) is 0 Å². The first-order valence-corrected chi connectivity index (χ1v) is 6.65. The molecule has 0 unspecified atom stereocenters. The molecule has 0 aromatic heterocycles. The zero-order chi connectivity index (χ0) is 14.2. The summed E-state index contributed by atoms with van der Waals surface area (Å²) in [5.74, 6) is 1.34. The highest BCUT2D eigenvalue weighted by molar-refractivity contribution is 6.35. The number of hydrogen-bond donors (Lipinski definition) is 1. The maximum Gasteiger partial charge on any atom is 0.146 e. The molecule has 2 N–H and O–H groups in total. The van der Waals surface area contributed by atoms with Gasteiger partial charge in [-0.25, -0.2) is 0 Å². The van der Waals surface area contributed by atoms with Gasteiger partial charge in [0.25, 0.3) is 0 Å². The number of benzene rings is 2. The third-order valence-corrected chi connectivity index (χ3v) is 3.75. The van der Waals surface area contributed by atoms with E-state index in [0.717, 1.165) is 28.1 Å². The van der Waals surface area contributed by atoms with E-state index in [9.17, 15) is 0 Å². The van der Waals surface area contributed by atoms with Crippen molar-refractivity contribution in [1.29, 1.82) is 0 Å². The van der Waals surface area contributed by atoms with Gasteiger partial charge in [0.05, 0.1) is 5.02 Å². The van der Waals surface area contributed by atoms with Crippen LogP contribution in [0.5, 0.6) is 11.5 Å². The molecule has 100 valence electrons. The van der Waals surface area contributed by atoms with Crippen molar-refractivity contribution in [2.75, 3.05) is 5.73 Å². The Morgan fingerprint density at radius 3 is 2.26 bits per heavy atom. The van der Waals surface area contributed by atoms with Gasteiger partial charge in [-0.3, -0.25) is 0 Å². The Morgan fingerprint density at radius 2 is 1.63 bits per heavy atom. The highest BCUT2D eigenvalue weighted by atomic mass is 35.5. The molecule has 0 aliphatic carbocycles. The smallest absolute Gasteiger partial charge is 0.146 e. The van der Waals surface area contributed by atoms with Crippen LogP contribution in [0.15, 0.2) is 24.3 Å². The maximum atomic E-state index is 6.11. The SMILES string of the molecule is Cc1cc(Oc2ccc(Cl)cc2Cl)c(C)c(C)c1N. The largest absolute Gasteiger partial charge is 0.456 e. The molecule has 2 aromatic carbocycles. The van der Waals surface area contributed by atoms with E-state index in [1.165, 1.54) is 0 Å². The van der Waals surface area contributed by atoms with Crippen molar-refractivity contribution in [2.45, 2.75) is 20.8 Å². The van der Waals surface area contributed by atoms with Crippen LogP contribution in [0, 0.1) is 20.8 Å². The summed E-state index contributed by atoms with van der Waals surface area (Å²) in [5, 5.41) is 1.07. The van der Waals surface area contributed by atoms with Gasteiger partial charge in [0.15, 0.2) is 0 Å².